The van der Waals surface area contributed by atoms with E-state index in [2.05, 4.69) is 6.92 Å². The van der Waals surface area contributed by atoms with Crippen molar-refractivity contribution in [1.29, 1.82) is 0 Å². The predicted octanol–water partition coefficient (Wildman–Crippen LogP) is 3.53. The molecule has 0 aliphatic carbocycles. The summed E-state index contributed by atoms with van der Waals surface area (Å²) < 4.78 is 0. The number of rotatable bonds is 5. The van der Waals surface area contributed by atoms with Crippen molar-refractivity contribution in [3.8, 4) is 0 Å². The molecule has 1 heterocycles. The van der Waals surface area contributed by atoms with Crippen LogP contribution in [0.15, 0.2) is 36.2 Å². The van der Waals surface area contributed by atoms with Gasteiger partial charge in [-0.2, -0.15) is 0 Å². The molecule has 0 saturated heterocycles. The lowest BCUT2D eigenvalue weighted by molar-refractivity contribution is -0.114. The van der Waals surface area contributed by atoms with Gasteiger partial charge in [-0.05, 0) is 30.2 Å². The van der Waals surface area contributed by atoms with E-state index < -0.39 is 0 Å². The molecule has 0 atom stereocenters. The van der Waals surface area contributed by atoms with Crippen LogP contribution in [0.5, 0.6) is 0 Å². The normalized spacial score (nSPS) is 16.3. The van der Waals surface area contributed by atoms with Gasteiger partial charge in [0.25, 0.3) is 5.91 Å². The van der Waals surface area contributed by atoms with E-state index in [-0.39, 0.29) is 5.91 Å². The monoisotopic (exact) mass is 330 g/mol. The van der Waals surface area contributed by atoms with E-state index in [1.165, 1.54) is 0 Å². The highest BCUT2D eigenvalue weighted by atomic mass is 32.1. The number of thiocarbonyl (C=S) groups is 1. The highest BCUT2D eigenvalue weighted by molar-refractivity contribution is 7.81. The van der Waals surface area contributed by atoms with Crippen molar-refractivity contribution in [2.75, 3.05) is 25.5 Å². The van der Waals surface area contributed by atoms with Crippen molar-refractivity contribution in [1.82, 2.24) is 4.90 Å². The Morgan fingerprint density at radius 2 is 2.09 bits per heavy atom. The lowest BCUT2D eigenvalue weighted by atomic mass is 9.94. The lowest BCUT2D eigenvalue weighted by Crippen LogP contribution is -2.40. The Morgan fingerprint density at radius 1 is 1.35 bits per heavy atom. The van der Waals surface area contributed by atoms with Crippen LogP contribution in [0.2, 0.25) is 0 Å². The van der Waals surface area contributed by atoms with Crippen molar-refractivity contribution in [2.45, 2.75) is 19.8 Å². The SMILES string of the molecule is CCCCN1C(=O)C(=CN(C)C)C(=S)c2cc(C=CO)ccc21. The zero-order chi connectivity index (χ0) is 17.0. The molecule has 1 N–H and O–H groups in total. The van der Waals surface area contributed by atoms with Gasteiger partial charge < -0.3 is 14.9 Å². The highest BCUT2D eigenvalue weighted by Crippen LogP contribution is 2.32. The van der Waals surface area contributed by atoms with Crippen LogP contribution in [0.3, 0.4) is 0 Å². The third-order valence-electron chi connectivity index (χ3n) is 3.67. The molecule has 0 radical (unpaired) electrons. The summed E-state index contributed by atoms with van der Waals surface area (Å²) in [6.07, 6.45) is 6.34. The van der Waals surface area contributed by atoms with Crippen molar-refractivity contribution < 1.29 is 9.90 Å². The Balaban J connectivity index is 2.57. The lowest BCUT2D eigenvalue weighted by Gasteiger charge is -2.32. The molecule has 0 saturated carbocycles. The Bertz CT molecular complexity index is 678. The molecule has 1 aliphatic rings. The van der Waals surface area contributed by atoms with E-state index in [0.29, 0.717) is 17.0 Å². The number of anilines is 1. The van der Waals surface area contributed by atoms with E-state index in [4.69, 9.17) is 17.3 Å². The van der Waals surface area contributed by atoms with E-state index in [9.17, 15) is 4.79 Å². The maximum Gasteiger partial charge on any atom is 0.261 e. The number of hydrogen-bond donors (Lipinski definition) is 1. The summed E-state index contributed by atoms with van der Waals surface area (Å²) in [6, 6.07) is 5.69. The molecule has 5 heteroatoms. The van der Waals surface area contributed by atoms with Crippen molar-refractivity contribution in [2.24, 2.45) is 0 Å². The van der Waals surface area contributed by atoms with E-state index in [0.717, 1.165) is 35.9 Å². The number of carbonyl (C=O) groups excluding carboxylic acids is 1. The number of amides is 1. The van der Waals surface area contributed by atoms with Crippen LogP contribution in [0.25, 0.3) is 6.08 Å². The van der Waals surface area contributed by atoms with Crippen LogP contribution in [-0.4, -0.2) is 41.4 Å². The van der Waals surface area contributed by atoms with Crippen molar-refractivity contribution >= 4 is 34.8 Å². The molecule has 0 bridgehead atoms. The zero-order valence-corrected chi connectivity index (χ0v) is 14.6. The van der Waals surface area contributed by atoms with Crippen LogP contribution >= 0.6 is 12.2 Å². The Hall–Kier alpha value is -2.14. The first-order valence-electron chi connectivity index (χ1n) is 7.69. The first-order chi connectivity index (χ1) is 11.0. The number of nitrogens with zero attached hydrogens (tertiary/aromatic N) is 2. The van der Waals surface area contributed by atoms with Crippen LogP contribution < -0.4 is 4.90 Å². The summed E-state index contributed by atoms with van der Waals surface area (Å²) >= 11 is 5.56. The van der Waals surface area contributed by atoms with E-state index in [1.807, 2.05) is 37.2 Å². The molecule has 1 aliphatic heterocycles. The minimum atomic E-state index is -0.0462. The molecule has 122 valence electrons. The van der Waals surface area contributed by atoms with Gasteiger partial charge in [0, 0.05) is 32.4 Å². The molecule has 23 heavy (non-hydrogen) atoms. The van der Waals surface area contributed by atoms with Gasteiger partial charge in [-0.15, -0.1) is 0 Å². The fourth-order valence-corrected chi connectivity index (χ4v) is 2.87. The van der Waals surface area contributed by atoms with Crippen molar-refractivity contribution in [3.63, 3.8) is 0 Å². The molecular formula is C18H22N2O2S. The number of unbranched alkanes of at least 4 members (excludes halogenated alkanes) is 1. The maximum absolute atomic E-state index is 12.8. The number of aliphatic hydroxyl groups excluding tert-OH is 1. The number of carbonyl (C=O) groups is 1. The van der Waals surface area contributed by atoms with Gasteiger partial charge in [-0.3, -0.25) is 4.79 Å². The quantitative estimate of drug-likeness (QED) is 0.510. The molecule has 1 aromatic carbocycles. The second-order valence-electron chi connectivity index (χ2n) is 5.74. The van der Waals surface area contributed by atoms with Crippen LogP contribution in [0, 0.1) is 0 Å². The van der Waals surface area contributed by atoms with Gasteiger partial charge in [-0.1, -0.05) is 31.6 Å². The molecule has 0 aromatic heterocycles. The molecule has 0 fully saturated rings. The highest BCUT2D eigenvalue weighted by Gasteiger charge is 2.32. The fourth-order valence-electron chi connectivity index (χ4n) is 2.57. The minimum Gasteiger partial charge on any atom is -0.516 e. The summed E-state index contributed by atoms with van der Waals surface area (Å²) in [5, 5.41) is 8.97. The number of fused-ring (bicyclic) bond motifs is 1. The molecule has 1 amide bonds. The average Bonchev–Trinajstić information content (AvgIpc) is 2.52. The third-order valence-corrected chi connectivity index (χ3v) is 4.11. The van der Waals surface area contributed by atoms with Crippen LogP contribution in [0.4, 0.5) is 5.69 Å². The summed E-state index contributed by atoms with van der Waals surface area (Å²) in [5.41, 5.74) is 3.10. The molecule has 0 spiro atoms. The molecule has 1 aromatic rings. The number of hydrogen-bond acceptors (Lipinski definition) is 4. The Labute approximate surface area is 142 Å². The van der Waals surface area contributed by atoms with Gasteiger partial charge >= 0.3 is 0 Å². The second kappa shape index (κ2) is 7.42. The summed E-state index contributed by atoms with van der Waals surface area (Å²) in [6.45, 7) is 2.77. The van der Waals surface area contributed by atoms with Gasteiger partial charge in [0.1, 0.15) is 0 Å². The summed E-state index contributed by atoms with van der Waals surface area (Å²) in [5.74, 6) is -0.0462. The van der Waals surface area contributed by atoms with Crippen LogP contribution in [0.1, 0.15) is 30.9 Å². The summed E-state index contributed by atoms with van der Waals surface area (Å²) in [7, 11) is 3.75. The third kappa shape index (κ3) is 3.62. The summed E-state index contributed by atoms with van der Waals surface area (Å²) in [4.78, 5) is 17.0. The smallest absolute Gasteiger partial charge is 0.261 e. The topological polar surface area (TPSA) is 43.8 Å². The van der Waals surface area contributed by atoms with E-state index in [1.54, 1.807) is 17.2 Å². The predicted molar refractivity (Wildman–Crippen MR) is 98.8 cm³/mol. The first-order valence-corrected chi connectivity index (χ1v) is 8.10. The minimum absolute atomic E-state index is 0.0462. The largest absolute Gasteiger partial charge is 0.516 e. The average molecular weight is 330 g/mol. The molecule has 2 rings (SSSR count). The van der Waals surface area contributed by atoms with Gasteiger partial charge in [-0.25, -0.2) is 0 Å². The number of aliphatic hydroxyl groups is 1. The van der Waals surface area contributed by atoms with Gasteiger partial charge in [0.2, 0.25) is 0 Å². The second-order valence-corrected chi connectivity index (χ2v) is 6.15. The van der Waals surface area contributed by atoms with Gasteiger partial charge in [0.15, 0.2) is 0 Å². The Morgan fingerprint density at radius 3 is 2.70 bits per heavy atom. The maximum atomic E-state index is 12.8. The van der Waals surface area contributed by atoms with E-state index >= 15 is 0 Å². The first kappa shape index (κ1) is 17.2. The zero-order valence-electron chi connectivity index (χ0n) is 13.7. The van der Waals surface area contributed by atoms with Gasteiger partial charge in [0.05, 0.1) is 22.4 Å². The Kier molecular flexibility index (Phi) is 5.55. The molecule has 4 nitrogen and oxygen atoms in total. The number of benzene rings is 1. The standard InChI is InChI=1S/C18H22N2O2S/c1-4-5-9-20-16-7-6-13(8-10-21)11-14(16)17(23)15(18(20)22)12-19(2)3/h6-8,10-12,21H,4-5,9H2,1-3H3. The molecule has 0 unspecified atom stereocenters. The van der Waals surface area contributed by atoms with Crippen LogP contribution in [-0.2, 0) is 4.79 Å². The van der Waals surface area contributed by atoms with Crippen molar-refractivity contribution in [3.05, 3.63) is 47.4 Å². The fraction of sp³-hybridized carbons (Fsp3) is 0.333. The molecular weight excluding hydrogens is 308 g/mol.